The first-order valence-corrected chi connectivity index (χ1v) is 2.69. The molecular formula is C3H4Cl3N. The Morgan fingerprint density at radius 3 is 1.86 bits per heavy atom. The average Bonchev–Trinajstić information content (AvgIpc) is 1.30. The molecule has 0 radical (unpaired) electrons. The SMILES string of the molecule is C/N=C/C(Cl)(Cl)Cl. The molecule has 0 fully saturated rings. The van der Waals surface area contributed by atoms with Crippen LogP contribution >= 0.6 is 34.8 Å². The van der Waals surface area contributed by atoms with Crippen molar-refractivity contribution >= 4 is 41.0 Å². The van der Waals surface area contributed by atoms with Gasteiger partial charge in [0.05, 0.1) is 0 Å². The number of aliphatic imine (C=N–C) groups is 1. The van der Waals surface area contributed by atoms with E-state index in [1.165, 1.54) is 6.21 Å². The molecule has 0 rings (SSSR count). The summed E-state index contributed by atoms with van der Waals surface area (Å²) in [4.78, 5) is 3.49. The van der Waals surface area contributed by atoms with E-state index < -0.39 is 3.79 Å². The lowest BCUT2D eigenvalue weighted by atomic mass is 10.8. The minimum absolute atomic E-state index is 1.23. The minimum atomic E-state index is -1.32. The Labute approximate surface area is 57.3 Å². The quantitative estimate of drug-likeness (QED) is 0.380. The molecule has 0 N–H and O–H groups in total. The highest BCUT2D eigenvalue weighted by molar-refractivity contribution is 6.74. The van der Waals surface area contributed by atoms with Gasteiger partial charge in [-0.05, 0) is 0 Å². The Morgan fingerprint density at radius 1 is 1.43 bits per heavy atom. The molecule has 0 atom stereocenters. The van der Waals surface area contributed by atoms with Crippen LogP contribution in [-0.2, 0) is 0 Å². The van der Waals surface area contributed by atoms with E-state index in [4.69, 9.17) is 34.8 Å². The highest BCUT2D eigenvalue weighted by atomic mass is 35.6. The fourth-order valence-electron chi connectivity index (χ4n) is 0.146. The van der Waals surface area contributed by atoms with Gasteiger partial charge in [0.25, 0.3) is 0 Å². The third-order valence-electron chi connectivity index (χ3n) is 0.275. The van der Waals surface area contributed by atoms with E-state index in [0.717, 1.165) is 0 Å². The molecule has 0 aromatic heterocycles. The maximum absolute atomic E-state index is 5.21. The standard InChI is InChI=1S/C3H4Cl3N/c1-7-2-3(4,5)6/h2H,1H3/b7-2+. The zero-order valence-electron chi connectivity index (χ0n) is 3.66. The van der Waals surface area contributed by atoms with E-state index in [9.17, 15) is 0 Å². The third kappa shape index (κ3) is 6.54. The van der Waals surface area contributed by atoms with Crippen LogP contribution in [0.2, 0.25) is 0 Å². The second kappa shape index (κ2) is 2.75. The van der Waals surface area contributed by atoms with Crippen molar-refractivity contribution in [2.45, 2.75) is 3.79 Å². The Hall–Kier alpha value is 0.540. The van der Waals surface area contributed by atoms with Gasteiger partial charge >= 0.3 is 0 Å². The minimum Gasteiger partial charge on any atom is -0.296 e. The first-order chi connectivity index (χ1) is 3.06. The fraction of sp³-hybridized carbons (Fsp3) is 0.667. The zero-order chi connectivity index (χ0) is 5.91. The van der Waals surface area contributed by atoms with E-state index in [1.54, 1.807) is 7.05 Å². The highest BCUT2D eigenvalue weighted by Crippen LogP contribution is 2.22. The van der Waals surface area contributed by atoms with Crippen LogP contribution in [0.3, 0.4) is 0 Å². The topological polar surface area (TPSA) is 12.4 Å². The van der Waals surface area contributed by atoms with Crippen molar-refractivity contribution in [1.82, 2.24) is 0 Å². The first kappa shape index (κ1) is 7.54. The van der Waals surface area contributed by atoms with E-state index in [1.807, 2.05) is 0 Å². The van der Waals surface area contributed by atoms with Gasteiger partial charge in [0.2, 0.25) is 3.79 Å². The molecule has 0 unspecified atom stereocenters. The average molecular weight is 160 g/mol. The van der Waals surface area contributed by atoms with Crippen molar-refractivity contribution in [3.63, 3.8) is 0 Å². The summed E-state index contributed by atoms with van der Waals surface area (Å²) in [6, 6.07) is 0. The van der Waals surface area contributed by atoms with Gasteiger partial charge in [0, 0.05) is 13.3 Å². The smallest absolute Gasteiger partial charge is 0.225 e. The number of halogens is 3. The number of hydrogen-bond acceptors (Lipinski definition) is 1. The van der Waals surface area contributed by atoms with Crippen molar-refractivity contribution in [1.29, 1.82) is 0 Å². The van der Waals surface area contributed by atoms with Gasteiger partial charge in [-0.3, -0.25) is 4.99 Å². The van der Waals surface area contributed by atoms with Crippen LogP contribution in [0, 0.1) is 0 Å². The summed E-state index contributed by atoms with van der Waals surface area (Å²) >= 11 is 15.6. The summed E-state index contributed by atoms with van der Waals surface area (Å²) in [5.41, 5.74) is 0. The Bertz CT molecular complexity index is 72.7. The van der Waals surface area contributed by atoms with Gasteiger partial charge in [-0.1, -0.05) is 34.8 Å². The molecule has 0 aliphatic rings. The summed E-state index contributed by atoms with van der Waals surface area (Å²) < 4.78 is -1.32. The molecule has 0 spiro atoms. The van der Waals surface area contributed by atoms with Gasteiger partial charge in [-0.25, -0.2) is 0 Å². The normalized spacial score (nSPS) is 13.1. The predicted molar refractivity (Wildman–Crippen MR) is 34.7 cm³/mol. The van der Waals surface area contributed by atoms with Crippen LogP contribution < -0.4 is 0 Å². The Balaban J connectivity index is 3.56. The third-order valence-corrected chi connectivity index (χ3v) is 0.568. The molecule has 0 amide bonds. The Morgan fingerprint density at radius 2 is 1.86 bits per heavy atom. The van der Waals surface area contributed by atoms with Gasteiger partial charge in [-0.2, -0.15) is 0 Å². The molecule has 0 aromatic rings. The van der Waals surface area contributed by atoms with Crippen LogP contribution in [0.25, 0.3) is 0 Å². The van der Waals surface area contributed by atoms with Crippen molar-refractivity contribution in [2.75, 3.05) is 7.05 Å². The van der Waals surface area contributed by atoms with Crippen LogP contribution in [0.1, 0.15) is 0 Å². The maximum atomic E-state index is 5.21. The van der Waals surface area contributed by atoms with Crippen LogP contribution in [0.5, 0.6) is 0 Å². The molecule has 42 valence electrons. The lowest BCUT2D eigenvalue weighted by molar-refractivity contribution is 1.42. The monoisotopic (exact) mass is 159 g/mol. The lowest BCUT2D eigenvalue weighted by Crippen LogP contribution is -2.01. The van der Waals surface area contributed by atoms with Crippen molar-refractivity contribution in [3.05, 3.63) is 0 Å². The van der Waals surface area contributed by atoms with E-state index >= 15 is 0 Å². The summed E-state index contributed by atoms with van der Waals surface area (Å²) in [5.74, 6) is 0. The van der Waals surface area contributed by atoms with Crippen LogP contribution in [0.4, 0.5) is 0 Å². The molecule has 0 aliphatic heterocycles. The molecule has 0 aliphatic carbocycles. The maximum Gasteiger partial charge on any atom is 0.225 e. The number of hydrogen-bond donors (Lipinski definition) is 0. The van der Waals surface area contributed by atoms with Gasteiger partial charge in [0.1, 0.15) is 0 Å². The molecule has 7 heavy (non-hydrogen) atoms. The second-order valence-corrected chi connectivity index (χ2v) is 3.30. The molecule has 0 saturated carbocycles. The first-order valence-electron chi connectivity index (χ1n) is 1.56. The number of nitrogens with zero attached hydrogens (tertiary/aromatic N) is 1. The highest BCUT2D eigenvalue weighted by Gasteiger charge is 2.13. The summed E-state index contributed by atoms with van der Waals surface area (Å²) in [6.45, 7) is 0. The summed E-state index contributed by atoms with van der Waals surface area (Å²) in [5, 5.41) is 0. The summed E-state index contributed by atoms with van der Waals surface area (Å²) in [7, 11) is 1.54. The van der Waals surface area contributed by atoms with Gasteiger partial charge < -0.3 is 0 Å². The molecular weight excluding hydrogens is 156 g/mol. The van der Waals surface area contributed by atoms with Crippen molar-refractivity contribution in [3.8, 4) is 0 Å². The van der Waals surface area contributed by atoms with E-state index in [0.29, 0.717) is 0 Å². The number of rotatable bonds is 0. The van der Waals surface area contributed by atoms with Gasteiger partial charge in [-0.15, -0.1) is 0 Å². The Kier molecular flexibility index (Phi) is 2.96. The lowest BCUT2D eigenvalue weighted by Gasteiger charge is -1.98. The molecule has 0 saturated heterocycles. The predicted octanol–water partition coefficient (Wildman–Crippen LogP) is 2.06. The molecule has 0 aromatic carbocycles. The van der Waals surface area contributed by atoms with Crippen LogP contribution in [-0.4, -0.2) is 17.1 Å². The van der Waals surface area contributed by atoms with E-state index in [-0.39, 0.29) is 0 Å². The van der Waals surface area contributed by atoms with E-state index in [2.05, 4.69) is 4.99 Å². The molecule has 0 bridgehead atoms. The molecule has 0 heterocycles. The fourth-order valence-corrected chi connectivity index (χ4v) is 0.439. The molecule has 4 heteroatoms. The second-order valence-electron chi connectivity index (χ2n) is 0.929. The number of alkyl halides is 3. The van der Waals surface area contributed by atoms with Crippen molar-refractivity contribution < 1.29 is 0 Å². The van der Waals surface area contributed by atoms with Gasteiger partial charge in [0.15, 0.2) is 0 Å². The van der Waals surface area contributed by atoms with Crippen LogP contribution in [0.15, 0.2) is 4.99 Å². The van der Waals surface area contributed by atoms with Crippen molar-refractivity contribution in [2.24, 2.45) is 4.99 Å². The molecule has 1 nitrogen and oxygen atoms in total. The zero-order valence-corrected chi connectivity index (χ0v) is 5.93. The largest absolute Gasteiger partial charge is 0.296 e. The summed E-state index contributed by atoms with van der Waals surface area (Å²) in [6.07, 6.45) is 1.23.